The normalized spacial score (nSPS) is 10.4. The van der Waals surface area contributed by atoms with Crippen LogP contribution in [0.4, 0.5) is 18.9 Å². The van der Waals surface area contributed by atoms with Gasteiger partial charge in [-0.3, -0.25) is 5.32 Å². The molecule has 1 N–H and O–H groups in total. The van der Waals surface area contributed by atoms with Crippen molar-refractivity contribution in [2.24, 2.45) is 0 Å². The molecule has 1 aromatic carbocycles. The van der Waals surface area contributed by atoms with Crippen LogP contribution in [-0.4, -0.2) is 6.30 Å². The summed E-state index contributed by atoms with van der Waals surface area (Å²) in [5.74, 6) is 0. The summed E-state index contributed by atoms with van der Waals surface area (Å²) in [5.41, 5.74) is 1.14. The van der Waals surface area contributed by atoms with Gasteiger partial charge in [0.15, 0.2) is 0 Å². The average molecular weight is 233 g/mol. The molecule has 92 valence electrons. The zero-order chi connectivity index (χ0) is 12.6. The molecule has 0 atom stereocenters. The van der Waals surface area contributed by atoms with E-state index < -0.39 is 6.30 Å². The average Bonchev–Trinajstić information content (AvgIpc) is 2.22. The zero-order valence-electron chi connectivity index (χ0n) is 9.86. The molecule has 0 saturated heterocycles. The van der Waals surface area contributed by atoms with Gasteiger partial charge in [-0.25, -0.2) is 0 Å². The molecule has 0 radical (unpaired) electrons. The van der Waals surface area contributed by atoms with Gasteiger partial charge in [0.25, 0.3) is 0 Å². The predicted octanol–water partition coefficient (Wildman–Crippen LogP) is 4.60. The molecule has 0 bridgehead atoms. The van der Waals surface area contributed by atoms with Crippen molar-refractivity contribution in [3.63, 3.8) is 0 Å². The van der Waals surface area contributed by atoms with Crippen LogP contribution in [0.1, 0.15) is 32.8 Å². The molecular weight excluding hydrogens is 215 g/mol. The Morgan fingerprint density at radius 1 is 1.06 bits per heavy atom. The Labute approximate surface area is 94.7 Å². The highest BCUT2D eigenvalue weighted by Crippen LogP contribution is 2.20. The van der Waals surface area contributed by atoms with Crippen LogP contribution in [0.25, 0.3) is 0 Å². The first kappa shape index (κ1) is 14.8. The molecular formula is C12H18F3N. The molecule has 0 heterocycles. The van der Waals surface area contributed by atoms with E-state index in [-0.39, 0.29) is 5.69 Å². The molecule has 1 nitrogen and oxygen atoms in total. The van der Waals surface area contributed by atoms with E-state index in [0.29, 0.717) is 0 Å². The predicted molar refractivity (Wildman–Crippen MR) is 61.5 cm³/mol. The number of aryl methyl sites for hydroxylation is 1. The fraction of sp³-hybridized carbons (Fsp3) is 0.500. The van der Waals surface area contributed by atoms with Crippen molar-refractivity contribution in [1.82, 2.24) is 0 Å². The zero-order valence-corrected chi connectivity index (χ0v) is 9.86. The second-order valence-electron chi connectivity index (χ2n) is 3.07. The number of anilines is 1. The first-order valence-electron chi connectivity index (χ1n) is 5.45. The molecule has 0 amide bonds. The fourth-order valence-corrected chi connectivity index (χ4v) is 1.21. The summed E-state index contributed by atoms with van der Waals surface area (Å²) in [6.07, 6.45) is -2.47. The molecule has 0 unspecified atom stereocenters. The number of hydrogen-bond acceptors (Lipinski definition) is 1. The topological polar surface area (TPSA) is 12.0 Å². The number of nitrogens with one attached hydrogen (secondary N) is 1. The van der Waals surface area contributed by atoms with E-state index in [1.165, 1.54) is 17.4 Å². The van der Waals surface area contributed by atoms with Crippen LogP contribution in [0.2, 0.25) is 0 Å². The number of benzene rings is 1. The lowest BCUT2D eigenvalue weighted by molar-refractivity contribution is -0.0999. The van der Waals surface area contributed by atoms with Crippen LogP contribution in [0.5, 0.6) is 0 Å². The molecule has 4 heteroatoms. The number of rotatable bonds is 3. The summed E-state index contributed by atoms with van der Waals surface area (Å²) in [4.78, 5) is 0. The Bertz CT molecular complexity index is 277. The van der Waals surface area contributed by atoms with Gasteiger partial charge in [0.2, 0.25) is 0 Å². The van der Waals surface area contributed by atoms with Crippen molar-refractivity contribution in [2.75, 3.05) is 5.32 Å². The van der Waals surface area contributed by atoms with Crippen molar-refractivity contribution in [3.05, 3.63) is 29.8 Å². The number of halogens is 3. The van der Waals surface area contributed by atoms with Gasteiger partial charge in [-0.05, 0) is 24.1 Å². The van der Waals surface area contributed by atoms with Gasteiger partial charge in [-0.2, -0.15) is 13.2 Å². The van der Waals surface area contributed by atoms with Crippen molar-refractivity contribution >= 4 is 5.69 Å². The van der Waals surface area contributed by atoms with E-state index in [4.69, 9.17) is 0 Å². The maximum absolute atomic E-state index is 11.9. The molecule has 0 fully saturated rings. The fourth-order valence-electron chi connectivity index (χ4n) is 1.21. The van der Waals surface area contributed by atoms with E-state index in [1.807, 2.05) is 20.8 Å². The lowest BCUT2D eigenvalue weighted by Gasteiger charge is -2.09. The van der Waals surface area contributed by atoms with Gasteiger partial charge >= 0.3 is 6.30 Å². The maximum Gasteiger partial charge on any atom is 0.482 e. The Hall–Kier alpha value is -1.19. The molecule has 1 aromatic rings. The molecule has 0 aromatic heterocycles. The van der Waals surface area contributed by atoms with Gasteiger partial charge in [-0.15, -0.1) is 0 Å². The van der Waals surface area contributed by atoms with Crippen LogP contribution in [0, 0.1) is 0 Å². The summed E-state index contributed by atoms with van der Waals surface area (Å²) in [6, 6.07) is 6.30. The first-order valence-corrected chi connectivity index (χ1v) is 5.45. The standard InChI is InChI=1S/C10H12F3N.C2H6/c1-2-3-8-4-6-9(7-5-8)14-10(11,12)13;1-2/h4-7,14H,2-3H2,1H3;1-2H3. The van der Waals surface area contributed by atoms with Crippen LogP contribution in [-0.2, 0) is 6.42 Å². The second-order valence-corrected chi connectivity index (χ2v) is 3.07. The third-order valence-corrected chi connectivity index (χ3v) is 1.78. The molecule has 16 heavy (non-hydrogen) atoms. The molecule has 0 aliphatic heterocycles. The highest BCUT2D eigenvalue weighted by molar-refractivity contribution is 5.45. The van der Waals surface area contributed by atoms with Crippen LogP contribution >= 0.6 is 0 Å². The highest BCUT2D eigenvalue weighted by atomic mass is 19.4. The highest BCUT2D eigenvalue weighted by Gasteiger charge is 2.26. The largest absolute Gasteiger partial charge is 0.482 e. The number of hydrogen-bond donors (Lipinski definition) is 1. The summed E-state index contributed by atoms with van der Waals surface area (Å²) >= 11 is 0. The van der Waals surface area contributed by atoms with Crippen LogP contribution < -0.4 is 5.32 Å². The van der Waals surface area contributed by atoms with E-state index in [0.717, 1.165) is 18.4 Å². The Balaban J connectivity index is 0.00000106. The minimum absolute atomic E-state index is 0.0809. The molecule has 0 saturated carbocycles. The van der Waals surface area contributed by atoms with Gasteiger partial charge in [0.05, 0.1) is 0 Å². The minimum atomic E-state index is -4.35. The summed E-state index contributed by atoms with van der Waals surface area (Å²) in [7, 11) is 0. The maximum atomic E-state index is 11.9. The van der Waals surface area contributed by atoms with Crippen molar-refractivity contribution < 1.29 is 13.2 Å². The summed E-state index contributed by atoms with van der Waals surface area (Å²) < 4.78 is 35.6. The van der Waals surface area contributed by atoms with Crippen molar-refractivity contribution in [1.29, 1.82) is 0 Å². The van der Waals surface area contributed by atoms with Crippen LogP contribution in [0.3, 0.4) is 0 Å². The molecule has 1 rings (SSSR count). The van der Waals surface area contributed by atoms with Crippen LogP contribution in [0.15, 0.2) is 24.3 Å². The van der Waals surface area contributed by atoms with Gasteiger partial charge in [0.1, 0.15) is 0 Å². The van der Waals surface area contributed by atoms with Gasteiger partial charge in [0, 0.05) is 5.69 Å². The lowest BCUT2D eigenvalue weighted by atomic mass is 10.1. The third kappa shape index (κ3) is 6.32. The Morgan fingerprint density at radius 2 is 1.56 bits per heavy atom. The minimum Gasteiger partial charge on any atom is -0.298 e. The molecule has 0 spiro atoms. The number of alkyl halides is 3. The Kier molecular flexibility index (Phi) is 6.61. The smallest absolute Gasteiger partial charge is 0.298 e. The SMILES string of the molecule is CC.CCCc1ccc(NC(F)(F)F)cc1. The molecule has 0 aliphatic rings. The van der Waals surface area contributed by atoms with Crippen molar-refractivity contribution in [2.45, 2.75) is 39.9 Å². The van der Waals surface area contributed by atoms with Gasteiger partial charge < -0.3 is 0 Å². The monoisotopic (exact) mass is 233 g/mol. The van der Waals surface area contributed by atoms with Crippen molar-refractivity contribution in [3.8, 4) is 0 Å². The summed E-state index contributed by atoms with van der Waals surface area (Å²) in [5, 5.41) is 1.45. The second kappa shape index (κ2) is 7.14. The quantitative estimate of drug-likeness (QED) is 0.752. The third-order valence-electron chi connectivity index (χ3n) is 1.78. The first-order chi connectivity index (χ1) is 7.51. The lowest BCUT2D eigenvalue weighted by Crippen LogP contribution is -2.20. The Morgan fingerprint density at radius 3 is 1.94 bits per heavy atom. The van der Waals surface area contributed by atoms with E-state index in [1.54, 1.807) is 12.1 Å². The van der Waals surface area contributed by atoms with E-state index in [9.17, 15) is 13.2 Å². The van der Waals surface area contributed by atoms with E-state index in [2.05, 4.69) is 0 Å². The van der Waals surface area contributed by atoms with E-state index >= 15 is 0 Å². The summed E-state index contributed by atoms with van der Waals surface area (Å²) in [6.45, 7) is 6.03. The van der Waals surface area contributed by atoms with Gasteiger partial charge in [-0.1, -0.05) is 39.3 Å². The molecule has 0 aliphatic carbocycles.